The summed E-state index contributed by atoms with van der Waals surface area (Å²) in [5.41, 5.74) is 1.98. The molecular weight excluding hydrogens is 295 g/mol. The molecule has 0 saturated carbocycles. The second-order valence-corrected chi connectivity index (χ2v) is 6.01. The summed E-state index contributed by atoms with van der Waals surface area (Å²) in [5, 5.41) is 9.70. The Labute approximate surface area is 134 Å². The van der Waals surface area contributed by atoms with Crippen LogP contribution in [0.25, 0.3) is 11.1 Å². The van der Waals surface area contributed by atoms with Crippen molar-refractivity contribution in [1.82, 2.24) is 4.98 Å². The molecule has 3 aromatic rings. The van der Waals surface area contributed by atoms with E-state index in [-0.39, 0.29) is 11.6 Å². The summed E-state index contributed by atoms with van der Waals surface area (Å²) >= 11 is 0. The molecule has 2 aromatic carbocycles. The molecule has 0 amide bonds. The van der Waals surface area contributed by atoms with E-state index in [1.807, 2.05) is 6.07 Å². The minimum Gasteiger partial charge on any atom is -0.508 e. The van der Waals surface area contributed by atoms with E-state index in [4.69, 9.17) is 4.42 Å². The molecule has 0 spiro atoms. The molecule has 0 radical (unpaired) electrons. The lowest BCUT2D eigenvalue weighted by atomic mass is 10.2. The molecule has 0 aliphatic heterocycles. The second kappa shape index (κ2) is 6.28. The van der Waals surface area contributed by atoms with Crippen molar-refractivity contribution in [3.8, 4) is 5.75 Å². The van der Waals surface area contributed by atoms with Crippen LogP contribution in [0.3, 0.4) is 0 Å². The van der Waals surface area contributed by atoms with Crippen molar-refractivity contribution < 1.29 is 13.9 Å². The van der Waals surface area contributed by atoms with Gasteiger partial charge in [0.1, 0.15) is 17.1 Å². The van der Waals surface area contributed by atoms with Gasteiger partial charge in [-0.2, -0.15) is 0 Å². The predicted octanol–water partition coefficient (Wildman–Crippen LogP) is 4.34. The van der Waals surface area contributed by atoms with Crippen LogP contribution in [0.1, 0.15) is 19.7 Å². The van der Waals surface area contributed by atoms with Gasteiger partial charge < -0.3 is 14.4 Å². The molecule has 4 nitrogen and oxygen atoms in total. The van der Waals surface area contributed by atoms with Gasteiger partial charge in [-0.3, -0.25) is 0 Å². The van der Waals surface area contributed by atoms with E-state index in [1.54, 1.807) is 24.3 Å². The van der Waals surface area contributed by atoms with Gasteiger partial charge in [-0.25, -0.2) is 9.37 Å². The third-order valence-corrected chi connectivity index (χ3v) is 3.50. The molecule has 0 saturated heterocycles. The number of halogens is 1. The molecule has 3 rings (SSSR count). The molecule has 0 bridgehead atoms. The molecule has 5 heteroatoms. The minimum absolute atomic E-state index is 0.218. The zero-order chi connectivity index (χ0) is 16.4. The average molecular weight is 314 g/mol. The van der Waals surface area contributed by atoms with Gasteiger partial charge in [-0.05, 0) is 30.2 Å². The van der Waals surface area contributed by atoms with E-state index in [0.29, 0.717) is 29.5 Å². The van der Waals surface area contributed by atoms with Crippen molar-refractivity contribution in [2.24, 2.45) is 5.92 Å². The van der Waals surface area contributed by atoms with E-state index < -0.39 is 0 Å². The topological polar surface area (TPSA) is 49.5 Å². The Morgan fingerprint density at radius 2 is 2.04 bits per heavy atom. The largest absolute Gasteiger partial charge is 0.508 e. The molecule has 1 heterocycles. The fraction of sp³-hybridized carbons (Fsp3) is 0.278. The van der Waals surface area contributed by atoms with Crippen LogP contribution in [0.15, 0.2) is 46.9 Å². The number of anilines is 1. The van der Waals surface area contributed by atoms with Crippen LogP contribution < -0.4 is 4.90 Å². The number of nitrogens with zero attached hydrogens (tertiary/aromatic N) is 2. The molecule has 1 aromatic heterocycles. The Morgan fingerprint density at radius 1 is 1.22 bits per heavy atom. The monoisotopic (exact) mass is 314 g/mol. The van der Waals surface area contributed by atoms with Crippen LogP contribution in [0, 0.1) is 11.7 Å². The number of phenols is 1. The summed E-state index contributed by atoms with van der Waals surface area (Å²) in [4.78, 5) is 6.50. The Hall–Kier alpha value is -2.56. The fourth-order valence-electron chi connectivity index (χ4n) is 2.57. The lowest BCUT2D eigenvalue weighted by Gasteiger charge is -2.25. The van der Waals surface area contributed by atoms with Gasteiger partial charge in [-0.15, -0.1) is 0 Å². The molecule has 23 heavy (non-hydrogen) atoms. The van der Waals surface area contributed by atoms with Gasteiger partial charge in [0.2, 0.25) is 5.89 Å². The van der Waals surface area contributed by atoms with E-state index in [2.05, 4.69) is 23.7 Å². The van der Waals surface area contributed by atoms with E-state index >= 15 is 0 Å². The predicted molar refractivity (Wildman–Crippen MR) is 88.0 cm³/mol. The van der Waals surface area contributed by atoms with Gasteiger partial charge in [-0.1, -0.05) is 19.9 Å². The molecular formula is C18H19FN2O2. The second-order valence-electron chi connectivity index (χ2n) is 6.01. The lowest BCUT2D eigenvalue weighted by molar-refractivity contribution is 0.473. The molecule has 0 atom stereocenters. The highest BCUT2D eigenvalue weighted by atomic mass is 19.1. The SMILES string of the molecule is CC(C)CN(Cc1nc2ccc(F)cc2o1)c1cccc(O)c1. The minimum atomic E-state index is -0.341. The maximum Gasteiger partial charge on any atom is 0.215 e. The van der Waals surface area contributed by atoms with Crippen LogP contribution in [0.5, 0.6) is 5.75 Å². The van der Waals surface area contributed by atoms with Crippen LogP contribution in [0.4, 0.5) is 10.1 Å². The lowest BCUT2D eigenvalue weighted by Crippen LogP contribution is -2.27. The Kier molecular flexibility index (Phi) is 4.19. The maximum atomic E-state index is 13.3. The quantitative estimate of drug-likeness (QED) is 0.761. The zero-order valence-electron chi connectivity index (χ0n) is 13.2. The number of rotatable bonds is 5. The number of hydrogen-bond acceptors (Lipinski definition) is 4. The van der Waals surface area contributed by atoms with Crippen LogP contribution in [-0.4, -0.2) is 16.6 Å². The van der Waals surface area contributed by atoms with Crippen molar-refractivity contribution in [1.29, 1.82) is 0 Å². The van der Waals surface area contributed by atoms with Crippen molar-refractivity contribution in [2.75, 3.05) is 11.4 Å². The van der Waals surface area contributed by atoms with Crippen molar-refractivity contribution in [2.45, 2.75) is 20.4 Å². The first-order valence-electron chi connectivity index (χ1n) is 7.60. The Bertz CT molecular complexity index is 814. The Balaban J connectivity index is 1.90. The zero-order valence-corrected chi connectivity index (χ0v) is 13.2. The van der Waals surface area contributed by atoms with E-state index in [0.717, 1.165) is 12.2 Å². The number of oxazole rings is 1. The number of fused-ring (bicyclic) bond motifs is 1. The van der Waals surface area contributed by atoms with Crippen molar-refractivity contribution in [3.05, 3.63) is 54.2 Å². The third kappa shape index (κ3) is 3.62. The normalized spacial score (nSPS) is 11.3. The summed E-state index contributed by atoms with van der Waals surface area (Å²) < 4.78 is 18.9. The van der Waals surface area contributed by atoms with Gasteiger partial charge >= 0.3 is 0 Å². The number of benzene rings is 2. The highest BCUT2D eigenvalue weighted by molar-refractivity contribution is 5.72. The third-order valence-electron chi connectivity index (χ3n) is 3.50. The summed E-state index contributed by atoms with van der Waals surface area (Å²) in [6.45, 7) is 5.49. The van der Waals surface area contributed by atoms with Gasteiger partial charge in [0.15, 0.2) is 5.58 Å². The maximum absolute atomic E-state index is 13.3. The first-order chi connectivity index (χ1) is 11.0. The Morgan fingerprint density at radius 3 is 2.78 bits per heavy atom. The van der Waals surface area contributed by atoms with Gasteiger partial charge in [0, 0.05) is 24.4 Å². The first-order valence-corrected chi connectivity index (χ1v) is 7.60. The smallest absolute Gasteiger partial charge is 0.215 e. The summed E-state index contributed by atoms with van der Waals surface area (Å²) in [6, 6.07) is 11.4. The van der Waals surface area contributed by atoms with Crippen molar-refractivity contribution in [3.63, 3.8) is 0 Å². The number of aromatic hydroxyl groups is 1. The number of phenolic OH excluding ortho intramolecular Hbond substituents is 1. The summed E-state index contributed by atoms with van der Waals surface area (Å²) in [7, 11) is 0. The van der Waals surface area contributed by atoms with Crippen LogP contribution in [-0.2, 0) is 6.54 Å². The standard InChI is InChI=1S/C18H19FN2O2/c1-12(2)10-21(14-4-3-5-15(22)9-14)11-18-20-16-7-6-13(19)8-17(16)23-18/h3-9,12,22H,10-11H2,1-2H3. The van der Waals surface area contributed by atoms with E-state index in [1.165, 1.54) is 12.1 Å². The number of aromatic nitrogens is 1. The van der Waals surface area contributed by atoms with Crippen molar-refractivity contribution >= 4 is 16.8 Å². The van der Waals surface area contributed by atoms with Crippen LogP contribution in [0.2, 0.25) is 0 Å². The fourth-order valence-corrected chi connectivity index (χ4v) is 2.57. The summed E-state index contributed by atoms with van der Waals surface area (Å²) in [6.07, 6.45) is 0. The average Bonchev–Trinajstić information content (AvgIpc) is 2.87. The number of hydrogen-bond donors (Lipinski definition) is 1. The van der Waals surface area contributed by atoms with Gasteiger partial charge in [0.25, 0.3) is 0 Å². The first kappa shape index (κ1) is 15.3. The molecule has 1 N–H and O–H groups in total. The van der Waals surface area contributed by atoms with Crippen LogP contribution >= 0.6 is 0 Å². The summed E-state index contributed by atoms with van der Waals surface area (Å²) in [5.74, 6) is 0.830. The van der Waals surface area contributed by atoms with E-state index in [9.17, 15) is 9.50 Å². The molecule has 120 valence electrons. The van der Waals surface area contributed by atoms with Gasteiger partial charge in [0.05, 0.1) is 6.54 Å². The highest BCUT2D eigenvalue weighted by Crippen LogP contribution is 2.24. The molecule has 0 unspecified atom stereocenters. The molecule has 0 fully saturated rings. The molecule has 0 aliphatic rings. The highest BCUT2D eigenvalue weighted by Gasteiger charge is 2.14. The molecule has 0 aliphatic carbocycles.